The Morgan fingerprint density at radius 3 is 2.82 bits per heavy atom. The molecule has 0 bridgehead atoms. The van der Waals surface area contributed by atoms with Gasteiger partial charge < -0.3 is 10.3 Å². The first kappa shape index (κ1) is 10.9. The van der Waals surface area contributed by atoms with E-state index in [1.165, 1.54) is 22.4 Å². The molecule has 0 aliphatic heterocycles. The highest BCUT2D eigenvalue weighted by Gasteiger charge is 2.19. The molecule has 0 saturated carbocycles. The average Bonchev–Trinajstić information content (AvgIpc) is 2.73. The minimum atomic E-state index is 0.671. The van der Waals surface area contributed by atoms with Gasteiger partial charge in [0.15, 0.2) is 0 Å². The van der Waals surface area contributed by atoms with Crippen LogP contribution in [0.2, 0.25) is 5.02 Å². The van der Waals surface area contributed by atoms with Gasteiger partial charge in [0.2, 0.25) is 0 Å². The molecule has 17 heavy (non-hydrogen) atoms. The second-order valence-electron chi connectivity index (χ2n) is 4.47. The van der Waals surface area contributed by atoms with Gasteiger partial charge in [-0.05, 0) is 42.2 Å². The number of nitrogens with two attached hydrogens (primary N) is 1. The number of hydrogen-bond donors (Lipinski definition) is 1. The minimum absolute atomic E-state index is 0.671. The van der Waals surface area contributed by atoms with Gasteiger partial charge >= 0.3 is 0 Å². The summed E-state index contributed by atoms with van der Waals surface area (Å²) in [6, 6.07) is 8.39. The van der Waals surface area contributed by atoms with Gasteiger partial charge in [0.25, 0.3) is 0 Å². The van der Waals surface area contributed by atoms with Crippen molar-refractivity contribution in [2.45, 2.75) is 19.4 Å². The lowest BCUT2D eigenvalue weighted by atomic mass is 9.90. The summed E-state index contributed by atoms with van der Waals surface area (Å²) in [6.07, 6.45) is 4.32. The molecule has 2 nitrogen and oxygen atoms in total. The average molecular weight is 247 g/mol. The van der Waals surface area contributed by atoms with Gasteiger partial charge in [-0.2, -0.15) is 0 Å². The van der Waals surface area contributed by atoms with Crippen molar-refractivity contribution in [2.24, 2.45) is 5.73 Å². The second kappa shape index (κ2) is 4.21. The third kappa shape index (κ3) is 1.78. The summed E-state index contributed by atoms with van der Waals surface area (Å²) in [5, 5.41) is 0.823. The van der Waals surface area contributed by atoms with Crippen molar-refractivity contribution in [3.63, 3.8) is 0 Å². The van der Waals surface area contributed by atoms with Crippen LogP contribution in [-0.4, -0.2) is 11.1 Å². The van der Waals surface area contributed by atoms with Gasteiger partial charge in [-0.15, -0.1) is 0 Å². The largest absolute Gasteiger partial charge is 0.346 e. The monoisotopic (exact) mass is 246 g/mol. The first-order valence-electron chi connectivity index (χ1n) is 5.96. The van der Waals surface area contributed by atoms with Crippen LogP contribution in [0.25, 0.3) is 11.3 Å². The topological polar surface area (TPSA) is 30.9 Å². The predicted molar refractivity (Wildman–Crippen MR) is 71.3 cm³/mol. The molecule has 0 amide bonds. The Labute approximate surface area is 106 Å². The molecule has 0 fully saturated rings. The summed E-state index contributed by atoms with van der Waals surface area (Å²) in [7, 11) is 0. The Bertz CT molecular complexity index is 557. The Kier molecular flexibility index (Phi) is 2.69. The molecular weight excluding hydrogens is 232 g/mol. The van der Waals surface area contributed by atoms with Gasteiger partial charge in [0.05, 0.1) is 5.69 Å². The van der Waals surface area contributed by atoms with Crippen molar-refractivity contribution in [2.75, 3.05) is 6.54 Å². The van der Waals surface area contributed by atoms with Crippen LogP contribution in [0.1, 0.15) is 11.1 Å². The van der Waals surface area contributed by atoms with E-state index in [-0.39, 0.29) is 0 Å². The number of aromatic nitrogens is 1. The van der Waals surface area contributed by atoms with Crippen molar-refractivity contribution in [3.8, 4) is 11.3 Å². The summed E-state index contributed by atoms with van der Waals surface area (Å²) in [5.41, 5.74) is 11.1. The smallest absolute Gasteiger partial charge is 0.0516 e. The number of fused-ring (bicyclic) bond motifs is 3. The molecule has 2 aromatic rings. The van der Waals surface area contributed by atoms with Crippen molar-refractivity contribution < 1.29 is 0 Å². The van der Waals surface area contributed by atoms with E-state index in [1.807, 2.05) is 6.07 Å². The predicted octanol–water partition coefficient (Wildman–Crippen LogP) is 2.87. The maximum Gasteiger partial charge on any atom is 0.0516 e. The fourth-order valence-electron chi connectivity index (χ4n) is 2.64. The first-order chi connectivity index (χ1) is 8.29. The lowest BCUT2D eigenvalue weighted by Crippen LogP contribution is -2.12. The normalized spacial score (nSPS) is 13.3. The molecule has 0 saturated heterocycles. The van der Waals surface area contributed by atoms with Crippen LogP contribution in [0.4, 0.5) is 0 Å². The lowest BCUT2D eigenvalue weighted by Gasteiger charge is -2.19. The fourth-order valence-corrected chi connectivity index (χ4v) is 2.84. The van der Waals surface area contributed by atoms with Crippen LogP contribution < -0.4 is 5.73 Å². The summed E-state index contributed by atoms with van der Waals surface area (Å²) in [5.74, 6) is 0. The third-order valence-corrected chi connectivity index (χ3v) is 3.64. The lowest BCUT2D eigenvalue weighted by molar-refractivity contribution is 0.714. The standard InChI is InChI=1S/C14H15ClN2/c15-12-3-4-13-11(9-12)2-1-10-5-7-17(8-6-16)14(10)13/h3-5,7,9H,1-2,6,8,16H2. The number of rotatable bonds is 2. The SMILES string of the molecule is NCCn1ccc2c1-c1ccc(Cl)cc1CC2. The summed E-state index contributed by atoms with van der Waals surface area (Å²) < 4.78 is 2.25. The third-order valence-electron chi connectivity index (χ3n) is 3.40. The molecule has 1 aromatic heterocycles. The fraction of sp³-hybridized carbons (Fsp3) is 0.286. The van der Waals surface area contributed by atoms with E-state index >= 15 is 0 Å². The summed E-state index contributed by atoms with van der Waals surface area (Å²) in [4.78, 5) is 0. The van der Waals surface area contributed by atoms with Crippen LogP contribution in [0, 0.1) is 0 Å². The molecule has 1 aromatic carbocycles. The molecule has 2 N–H and O–H groups in total. The number of nitrogens with zero attached hydrogens (tertiary/aromatic N) is 1. The number of aryl methyl sites for hydroxylation is 2. The summed E-state index contributed by atoms with van der Waals surface area (Å²) in [6.45, 7) is 1.54. The van der Waals surface area contributed by atoms with E-state index < -0.39 is 0 Å². The molecule has 88 valence electrons. The highest BCUT2D eigenvalue weighted by atomic mass is 35.5. The zero-order valence-corrected chi connectivity index (χ0v) is 10.4. The Hall–Kier alpha value is -1.25. The zero-order valence-electron chi connectivity index (χ0n) is 9.62. The van der Waals surface area contributed by atoms with Gasteiger partial charge in [-0.25, -0.2) is 0 Å². The van der Waals surface area contributed by atoms with Gasteiger partial charge in [-0.1, -0.05) is 17.7 Å². The van der Waals surface area contributed by atoms with E-state index in [9.17, 15) is 0 Å². The van der Waals surface area contributed by atoms with E-state index in [0.717, 1.165) is 24.4 Å². The van der Waals surface area contributed by atoms with E-state index in [1.54, 1.807) is 0 Å². The first-order valence-corrected chi connectivity index (χ1v) is 6.34. The van der Waals surface area contributed by atoms with Gasteiger partial charge in [0.1, 0.15) is 0 Å². The highest BCUT2D eigenvalue weighted by Crippen LogP contribution is 2.35. The summed E-state index contributed by atoms with van der Waals surface area (Å²) >= 11 is 6.05. The molecule has 0 spiro atoms. The molecule has 0 atom stereocenters. The maximum atomic E-state index is 6.05. The van der Waals surface area contributed by atoms with Gasteiger partial charge in [-0.3, -0.25) is 0 Å². The van der Waals surface area contributed by atoms with E-state index in [4.69, 9.17) is 17.3 Å². The number of hydrogen-bond acceptors (Lipinski definition) is 1. The Morgan fingerprint density at radius 2 is 2.00 bits per heavy atom. The van der Waals surface area contributed by atoms with Crippen molar-refractivity contribution in [3.05, 3.63) is 46.6 Å². The van der Waals surface area contributed by atoms with Crippen LogP contribution >= 0.6 is 11.6 Å². The zero-order chi connectivity index (χ0) is 11.8. The van der Waals surface area contributed by atoms with Crippen molar-refractivity contribution in [1.29, 1.82) is 0 Å². The Morgan fingerprint density at radius 1 is 1.18 bits per heavy atom. The van der Waals surface area contributed by atoms with Crippen molar-refractivity contribution >= 4 is 11.6 Å². The van der Waals surface area contributed by atoms with Crippen molar-refractivity contribution in [1.82, 2.24) is 4.57 Å². The second-order valence-corrected chi connectivity index (χ2v) is 4.91. The molecule has 0 radical (unpaired) electrons. The molecule has 0 unspecified atom stereocenters. The molecule has 1 heterocycles. The van der Waals surface area contributed by atoms with Crippen LogP contribution in [0.3, 0.4) is 0 Å². The number of benzene rings is 1. The molecular formula is C14H15ClN2. The maximum absolute atomic E-state index is 6.05. The van der Waals surface area contributed by atoms with Gasteiger partial charge in [0, 0.05) is 29.9 Å². The van der Waals surface area contributed by atoms with E-state index in [2.05, 4.69) is 29.0 Å². The van der Waals surface area contributed by atoms with E-state index in [0.29, 0.717) is 6.54 Å². The Balaban J connectivity index is 2.16. The van der Waals surface area contributed by atoms with Crippen LogP contribution in [0.5, 0.6) is 0 Å². The highest BCUT2D eigenvalue weighted by molar-refractivity contribution is 6.30. The molecule has 3 heteroatoms. The number of halogens is 1. The minimum Gasteiger partial charge on any atom is -0.346 e. The quantitative estimate of drug-likeness (QED) is 0.868. The van der Waals surface area contributed by atoms with Crippen LogP contribution in [0.15, 0.2) is 30.5 Å². The van der Waals surface area contributed by atoms with Crippen LogP contribution in [-0.2, 0) is 19.4 Å². The molecule has 1 aliphatic carbocycles. The molecule has 3 rings (SSSR count). The molecule has 1 aliphatic rings.